The van der Waals surface area contributed by atoms with Crippen LogP contribution in [0.1, 0.15) is 150 Å². The van der Waals surface area contributed by atoms with Crippen LogP contribution in [0.3, 0.4) is 0 Å². The zero-order chi connectivity index (χ0) is 32.5. The van der Waals surface area contributed by atoms with Crippen molar-refractivity contribution < 1.29 is 27.9 Å². The number of hydrogen-bond acceptors (Lipinski definition) is 4. The summed E-state index contributed by atoms with van der Waals surface area (Å²) < 4.78 is 30.9. The molecule has 2 unspecified atom stereocenters. The van der Waals surface area contributed by atoms with Crippen LogP contribution in [0.15, 0.2) is 24.3 Å². The summed E-state index contributed by atoms with van der Waals surface area (Å²) in [6.45, 7) is 11.2. The van der Waals surface area contributed by atoms with E-state index in [9.17, 15) is 9.46 Å². The lowest BCUT2D eigenvalue weighted by molar-refractivity contribution is -0.883. The minimum Gasteiger partial charge on any atom is -0.379 e. The van der Waals surface area contributed by atoms with Gasteiger partial charge in [0.2, 0.25) is 0 Å². The lowest BCUT2D eigenvalue weighted by atomic mass is 10.1. The third-order valence-corrected chi connectivity index (χ3v) is 9.94. The Bertz CT molecular complexity index is 741. The lowest BCUT2D eigenvalue weighted by Gasteiger charge is -2.36. The number of nitrogens with zero attached hydrogens (tertiary/aromatic N) is 1. The fourth-order valence-corrected chi connectivity index (χ4v) is 7.23. The molecule has 43 heavy (non-hydrogen) atoms. The topological polar surface area (TPSA) is 65.0 Å². The summed E-state index contributed by atoms with van der Waals surface area (Å²) >= 11 is 0. The molecule has 0 aromatic heterocycles. The van der Waals surface area contributed by atoms with Crippen LogP contribution in [0.25, 0.3) is 0 Å². The van der Waals surface area contributed by atoms with Crippen molar-refractivity contribution in [1.29, 1.82) is 0 Å². The van der Waals surface area contributed by atoms with E-state index in [1.807, 2.05) is 48.8 Å². The van der Waals surface area contributed by atoms with Crippen molar-refractivity contribution in [2.24, 2.45) is 0 Å². The second kappa shape index (κ2) is 25.7. The molecule has 0 saturated carbocycles. The molecule has 1 N–H and O–H groups in total. The number of rotatable bonds is 29. The average Bonchev–Trinajstić information content (AvgIpc) is 2.90. The molecule has 0 saturated heterocycles. The highest BCUT2D eigenvalue weighted by atomic mass is 31.2. The predicted molar refractivity (Wildman–Crippen MR) is 186 cm³/mol. The maximum atomic E-state index is 13.0. The second-order valence-corrected chi connectivity index (χ2v) is 16.1. The van der Waals surface area contributed by atoms with E-state index in [0.29, 0.717) is 24.1 Å². The zero-order valence-electron chi connectivity index (χ0n) is 29.8. The summed E-state index contributed by atoms with van der Waals surface area (Å²) in [5, 5.41) is 0. The summed E-state index contributed by atoms with van der Waals surface area (Å²) in [4.78, 5) is 10.6. The molecular formula is C36H73NO5P+. The Morgan fingerprint density at radius 1 is 0.698 bits per heavy atom. The Kier molecular flexibility index (Phi) is 25.4. The molecule has 3 atom stereocenters. The van der Waals surface area contributed by atoms with Crippen LogP contribution in [0.4, 0.5) is 0 Å². The van der Waals surface area contributed by atoms with Crippen molar-refractivity contribution in [2.75, 3.05) is 41.0 Å². The molecule has 0 fully saturated rings. The minimum absolute atomic E-state index is 0.0453. The molecule has 0 radical (unpaired) electrons. The summed E-state index contributed by atoms with van der Waals surface area (Å²) in [5.74, 6) is -0.477. The Morgan fingerprint density at radius 2 is 1.14 bits per heavy atom. The quantitative estimate of drug-likeness (QED) is 0.0385. The van der Waals surface area contributed by atoms with Gasteiger partial charge in [0.1, 0.15) is 6.10 Å². The molecule has 0 bridgehead atoms. The first kappa shape index (κ1) is 42.5. The summed E-state index contributed by atoms with van der Waals surface area (Å²) in [6, 6.07) is 0. The van der Waals surface area contributed by atoms with Gasteiger partial charge in [-0.25, -0.2) is 0 Å². The number of allylic oxidation sites excluding steroid dienone is 4. The molecule has 0 aromatic carbocycles. The SMILES string of the molecule is CCCC/C=C\CCCCCCCCCC/C=C\CCCCCOC[C@H](COP(=O)(O)C(CC)[N+](C)(C)C)OC(C)(C)C. The van der Waals surface area contributed by atoms with Crippen LogP contribution in [0.2, 0.25) is 0 Å². The van der Waals surface area contributed by atoms with Gasteiger partial charge in [-0.1, -0.05) is 95.9 Å². The third kappa shape index (κ3) is 26.4. The van der Waals surface area contributed by atoms with E-state index in [1.165, 1.54) is 89.9 Å². The molecule has 0 aliphatic rings. The fourth-order valence-electron chi connectivity index (χ4n) is 5.34. The molecule has 0 spiro atoms. The van der Waals surface area contributed by atoms with Crippen molar-refractivity contribution >= 4 is 7.60 Å². The molecule has 0 heterocycles. The third-order valence-electron chi connectivity index (χ3n) is 7.61. The van der Waals surface area contributed by atoms with E-state index in [0.717, 1.165) is 19.3 Å². The van der Waals surface area contributed by atoms with E-state index in [1.54, 1.807) is 0 Å². The number of ether oxygens (including phenoxy) is 2. The van der Waals surface area contributed by atoms with E-state index < -0.39 is 19.0 Å². The molecule has 0 rings (SSSR count). The largest absolute Gasteiger partial charge is 0.385 e. The normalized spacial score (nSPS) is 15.8. The monoisotopic (exact) mass is 631 g/mol. The van der Waals surface area contributed by atoms with Crippen molar-refractivity contribution in [2.45, 2.75) is 168 Å². The average molecular weight is 631 g/mol. The first-order chi connectivity index (χ1) is 20.3. The zero-order valence-corrected chi connectivity index (χ0v) is 30.7. The summed E-state index contributed by atoms with van der Waals surface area (Å²) in [5.41, 5.74) is -0.391. The highest BCUT2D eigenvalue weighted by molar-refractivity contribution is 7.53. The van der Waals surface area contributed by atoms with Crippen molar-refractivity contribution in [1.82, 2.24) is 0 Å². The number of unbranched alkanes of at least 4 members (excludes halogenated alkanes) is 14. The van der Waals surface area contributed by atoms with Crippen LogP contribution < -0.4 is 0 Å². The predicted octanol–water partition coefficient (Wildman–Crippen LogP) is 10.6. The van der Waals surface area contributed by atoms with Crippen LogP contribution in [0, 0.1) is 0 Å². The van der Waals surface area contributed by atoms with Crippen molar-refractivity contribution in [3.63, 3.8) is 0 Å². The first-order valence-electron chi connectivity index (χ1n) is 17.7. The van der Waals surface area contributed by atoms with Crippen molar-refractivity contribution in [3.05, 3.63) is 24.3 Å². The van der Waals surface area contributed by atoms with E-state index >= 15 is 0 Å². The Balaban J connectivity index is 3.87. The fraction of sp³-hybridized carbons (Fsp3) is 0.889. The Labute approximate surface area is 268 Å². The summed E-state index contributed by atoms with van der Waals surface area (Å²) in [6.07, 6.45) is 31.4. The van der Waals surface area contributed by atoms with Gasteiger partial charge < -0.3 is 23.4 Å². The smallest absolute Gasteiger partial charge is 0.379 e. The van der Waals surface area contributed by atoms with Crippen LogP contribution in [-0.4, -0.2) is 67.8 Å². The van der Waals surface area contributed by atoms with Gasteiger partial charge in [0.05, 0.1) is 40.0 Å². The highest BCUT2D eigenvalue weighted by Crippen LogP contribution is 2.51. The Hall–Kier alpha value is -0.490. The van der Waals surface area contributed by atoms with E-state index in [4.69, 9.17) is 14.0 Å². The minimum atomic E-state index is -3.80. The van der Waals surface area contributed by atoms with Crippen molar-refractivity contribution in [3.8, 4) is 0 Å². The van der Waals surface area contributed by atoms with Crippen LogP contribution >= 0.6 is 7.60 Å². The second-order valence-electron chi connectivity index (χ2n) is 14.1. The van der Waals surface area contributed by atoms with Gasteiger partial charge in [0, 0.05) is 13.0 Å². The summed E-state index contributed by atoms with van der Waals surface area (Å²) in [7, 11) is 1.96. The lowest BCUT2D eigenvalue weighted by Crippen LogP contribution is -2.45. The Morgan fingerprint density at radius 3 is 1.56 bits per heavy atom. The first-order valence-corrected chi connectivity index (χ1v) is 19.3. The number of quaternary nitrogens is 1. The van der Waals surface area contributed by atoms with Crippen LogP contribution in [0.5, 0.6) is 0 Å². The standard InChI is InChI=1S/C36H72NO5P/c1-9-11-12-13-14-15-16-17-18-19-20-21-22-23-24-25-26-27-28-29-30-31-40-32-34(42-36(3,4)5)33-41-43(38,39)35(10-2)37(6,7)8/h13-14,25-26,34-35H,9-12,15-24,27-33H2,1-8H3/p+1/b14-13-,26-25-/t34-,35?/m1/s1. The van der Waals surface area contributed by atoms with Crippen LogP contribution in [-0.2, 0) is 18.6 Å². The molecule has 0 aliphatic heterocycles. The van der Waals surface area contributed by atoms with Gasteiger partial charge in [-0.05, 0) is 72.1 Å². The molecule has 0 aromatic rings. The maximum Gasteiger partial charge on any atom is 0.385 e. The van der Waals surface area contributed by atoms with E-state index in [-0.39, 0.29) is 12.7 Å². The molecule has 6 nitrogen and oxygen atoms in total. The van der Waals surface area contributed by atoms with Gasteiger partial charge in [-0.3, -0.25) is 4.57 Å². The van der Waals surface area contributed by atoms with Gasteiger partial charge in [-0.15, -0.1) is 0 Å². The number of hydrogen-bond donors (Lipinski definition) is 1. The van der Waals surface area contributed by atoms with Gasteiger partial charge in [-0.2, -0.15) is 0 Å². The van der Waals surface area contributed by atoms with Gasteiger partial charge in [0.15, 0.2) is 5.78 Å². The molecule has 256 valence electrons. The van der Waals surface area contributed by atoms with E-state index in [2.05, 4.69) is 31.2 Å². The molecule has 0 aliphatic carbocycles. The van der Waals surface area contributed by atoms with Gasteiger partial charge in [0.25, 0.3) is 0 Å². The molecule has 7 heteroatoms. The maximum absolute atomic E-state index is 13.0. The highest BCUT2D eigenvalue weighted by Gasteiger charge is 2.42. The van der Waals surface area contributed by atoms with Gasteiger partial charge >= 0.3 is 7.60 Å². The molecular weight excluding hydrogens is 557 g/mol. The molecule has 0 amide bonds.